The minimum Gasteiger partial charge on any atom is -0.495 e. The van der Waals surface area contributed by atoms with E-state index in [2.05, 4.69) is 15.6 Å². The van der Waals surface area contributed by atoms with Gasteiger partial charge in [0.1, 0.15) is 11.6 Å². The number of hydrogen-bond donors (Lipinski definition) is 2. The Balaban J connectivity index is 1.72. The maximum atomic E-state index is 12.3. The van der Waals surface area contributed by atoms with Gasteiger partial charge < -0.3 is 15.4 Å². The molecule has 1 heterocycles. The molecule has 5 heteroatoms. The zero-order valence-electron chi connectivity index (χ0n) is 15.0. The number of hydrogen-bond acceptors (Lipinski definition) is 4. The monoisotopic (exact) mass is 347 g/mol. The first-order valence-electron chi connectivity index (χ1n) is 8.31. The summed E-state index contributed by atoms with van der Waals surface area (Å²) >= 11 is 0. The van der Waals surface area contributed by atoms with Gasteiger partial charge in [0.25, 0.3) is 5.91 Å². The summed E-state index contributed by atoms with van der Waals surface area (Å²) in [6.45, 7) is 3.93. The van der Waals surface area contributed by atoms with Gasteiger partial charge in [-0.05, 0) is 55.3 Å². The Bertz CT molecular complexity index is 921. The van der Waals surface area contributed by atoms with Crippen molar-refractivity contribution in [1.29, 1.82) is 0 Å². The number of rotatable bonds is 5. The summed E-state index contributed by atoms with van der Waals surface area (Å²) < 4.78 is 5.37. The van der Waals surface area contributed by atoms with E-state index in [9.17, 15) is 4.79 Å². The Morgan fingerprint density at radius 2 is 1.85 bits per heavy atom. The van der Waals surface area contributed by atoms with Crippen LogP contribution in [0.3, 0.4) is 0 Å². The minimum atomic E-state index is -0.170. The van der Waals surface area contributed by atoms with Crippen LogP contribution in [-0.2, 0) is 0 Å². The molecule has 0 aliphatic heterocycles. The zero-order valence-corrected chi connectivity index (χ0v) is 15.0. The van der Waals surface area contributed by atoms with Crippen molar-refractivity contribution >= 4 is 23.1 Å². The van der Waals surface area contributed by atoms with Crippen molar-refractivity contribution in [1.82, 2.24) is 4.98 Å². The molecule has 3 aromatic rings. The fraction of sp³-hybridized carbons (Fsp3) is 0.143. The molecular formula is C21H21N3O2. The second-order valence-electron chi connectivity index (χ2n) is 6.03. The molecule has 3 rings (SSSR count). The number of amides is 1. The number of carbonyl (C=O) groups is 1. The van der Waals surface area contributed by atoms with E-state index in [-0.39, 0.29) is 5.91 Å². The largest absolute Gasteiger partial charge is 0.495 e. The average molecular weight is 347 g/mol. The van der Waals surface area contributed by atoms with Crippen LogP contribution in [0.1, 0.15) is 21.5 Å². The van der Waals surface area contributed by atoms with E-state index in [1.807, 2.05) is 56.3 Å². The topological polar surface area (TPSA) is 63.2 Å². The lowest BCUT2D eigenvalue weighted by molar-refractivity contribution is 0.102. The van der Waals surface area contributed by atoms with Crippen molar-refractivity contribution < 1.29 is 9.53 Å². The third-order valence-electron chi connectivity index (χ3n) is 4.03. The van der Waals surface area contributed by atoms with Crippen molar-refractivity contribution in [3.63, 3.8) is 0 Å². The van der Waals surface area contributed by atoms with Crippen LogP contribution in [-0.4, -0.2) is 18.0 Å². The third kappa shape index (κ3) is 4.00. The highest BCUT2D eigenvalue weighted by molar-refractivity contribution is 6.04. The zero-order chi connectivity index (χ0) is 18.5. The molecule has 2 N–H and O–H groups in total. The molecule has 26 heavy (non-hydrogen) atoms. The standard InChI is InChI=1S/C21H21N3O2/c1-14-8-10-19(26-3)18(12-14)23-16-9-11-20(22-13-16)24-21(25)17-7-5-4-6-15(17)2/h4-13,23H,1-3H3,(H,22,24,25). The molecule has 0 bridgehead atoms. The van der Waals surface area contributed by atoms with E-state index in [0.29, 0.717) is 11.4 Å². The molecule has 0 aliphatic rings. The van der Waals surface area contributed by atoms with Gasteiger partial charge in [0.15, 0.2) is 0 Å². The summed E-state index contributed by atoms with van der Waals surface area (Å²) in [6, 6.07) is 17.0. The summed E-state index contributed by atoms with van der Waals surface area (Å²) in [4.78, 5) is 16.7. The first-order valence-corrected chi connectivity index (χ1v) is 8.31. The van der Waals surface area contributed by atoms with Crippen LogP contribution in [0.25, 0.3) is 0 Å². The van der Waals surface area contributed by atoms with Gasteiger partial charge in [-0.25, -0.2) is 4.98 Å². The number of anilines is 3. The molecule has 0 unspecified atom stereocenters. The van der Waals surface area contributed by atoms with Gasteiger partial charge in [0.2, 0.25) is 0 Å². The van der Waals surface area contributed by atoms with Gasteiger partial charge in [-0.1, -0.05) is 24.3 Å². The van der Waals surface area contributed by atoms with Crippen molar-refractivity contribution in [2.45, 2.75) is 13.8 Å². The molecular weight excluding hydrogens is 326 g/mol. The molecule has 0 radical (unpaired) electrons. The molecule has 1 aromatic heterocycles. The first-order chi connectivity index (χ1) is 12.6. The van der Waals surface area contributed by atoms with E-state index < -0.39 is 0 Å². The molecule has 0 saturated carbocycles. The first kappa shape index (κ1) is 17.5. The maximum absolute atomic E-state index is 12.3. The number of ether oxygens (including phenoxy) is 1. The quantitative estimate of drug-likeness (QED) is 0.702. The Morgan fingerprint density at radius 3 is 2.54 bits per heavy atom. The van der Waals surface area contributed by atoms with Crippen LogP contribution in [0, 0.1) is 13.8 Å². The minimum absolute atomic E-state index is 0.170. The molecule has 0 aliphatic carbocycles. The lowest BCUT2D eigenvalue weighted by atomic mass is 10.1. The average Bonchev–Trinajstić information content (AvgIpc) is 2.64. The Kier molecular flexibility index (Phi) is 5.17. The number of methoxy groups -OCH3 is 1. The van der Waals surface area contributed by atoms with Crippen LogP contribution < -0.4 is 15.4 Å². The highest BCUT2D eigenvalue weighted by atomic mass is 16.5. The van der Waals surface area contributed by atoms with Crippen molar-refractivity contribution in [2.75, 3.05) is 17.7 Å². The third-order valence-corrected chi connectivity index (χ3v) is 4.03. The molecule has 1 amide bonds. The number of nitrogens with zero attached hydrogens (tertiary/aromatic N) is 1. The predicted octanol–water partition coefficient (Wildman–Crippen LogP) is 4.70. The summed E-state index contributed by atoms with van der Waals surface area (Å²) in [7, 11) is 1.64. The van der Waals surface area contributed by atoms with Crippen LogP contribution in [0.5, 0.6) is 5.75 Å². The van der Waals surface area contributed by atoms with Gasteiger partial charge in [-0.3, -0.25) is 4.79 Å². The number of carbonyl (C=O) groups excluding carboxylic acids is 1. The number of aryl methyl sites for hydroxylation is 2. The Morgan fingerprint density at radius 1 is 1.04 bits per heavy atom. The van der Waals surface area contributed by atoms with E-state index >= 15 is 0 Å². The van der Waals surface area contributed by atoms with Crippen molar-refractivity contribution in [3.8, 4) is 5.75 Å². The van der Waals surface area contributed by atoms with Gasteiger partial charge >= 0.3 is 0 Å². The van der Waals surface area contributed by atoms with E-state index in [1.54, 1.807) is 25.4 Å². The van der Waals surface area contributed by atoms with E-state index in [4.69, 9.17) is 4.74 Å². The normalized spacial score (nSPS) is 10.3. The maximum Gasteiger partial charge on any atom is 0.257 e. The fourth-order valence-corrected chi connectivity index (χ4v) is 2.63. The van der Waals surface area contributed by atoms with Gasteiger partial charge in [-0.15, -0.1) is 0 Å². The summed E-state index contributed by atoms with van der Waals surface area (Å²) in [5.74, 6) is 1.09. The van der Waals surface area contributed by atoms with Gasteiger partial charge in [0.05, 0.1) is 24.7 Å². The van der Waals surface area contributed by atoms with Crippen LogP contribution >= 0.6 is 0 Å². The number of aromatic nitrogens is 1. The highest BCUT2D eigenvalue weighted by Crippen LogP contribution is 2.28. The van der Waals surface area contributed by atoms with Gasteiger partial charge in [0, 0.05) is 5.56 Å². The lowest BCUT2D eigenvalue weighted by Crippen LogP contribution is -2.14. The predicted molar refractivity (Wildman–Crippen MR) is 104 cm³/mol. The number of nitrogens with one attached hydrogen (secondary N) is 2. The summed E-state index contributed by atoms with van der Waals surface area (Å²) in [6.07, 6.45) is 1.68. The molecule has 0 fully saturated rings. The van der Waals surface area contributed by atoms with Crippen LogP contribution in [0.2, 0.25) is 0 Å². The Labute approximate surface area is 153 Å². The molecule has 0 saturated heterocycles. The van der Waals surface area contributed by atoms with Crippen molar-refractivity contribution in [2.24, 2.45) is 0 Å². The van der Waals surface area contributed by atoms with E-state index in [0.717, 1.165) is 28.3 Å². The second-order valence-corrected chi connectivity index (χ2v) is 6.03. The fourth-order valence-electron chi connectivity index (χ4n) is 2.63. The number of benzene rings is 2. The Hall–Kier alpha value is -3.34. The summed E-state index contributed by atoms with van der Waals surface area (Å²) in [5, 5.41) is 6.10. The molecule has 0 spiro atoms. The van der Waals surface area contributed by atoms with E-state index in [1.165, 1.54) is 0 Å². The SMILES string of the molecule is COc1ccc(C)cc1Nc1ccc(NC(=O)c2ccccc2C)nc1. The second kappa shape index (κ2) is 7.70. The summed E-state index contributed by atoms with van der Waals surface area (Å²) in [5.41, 5.74) is 4.37. The molecule has 2 aromatic carbocycles. The van der Waals surface area contributed by atoms with Crippen molar-refractivity contribution in [3.05, 3.63) is 77.5 Å². The highest BCUT2D eigenvalue weighted by Gasteiger charge is 2.09. The molecule has 0 atom stereocenters. The smallest absolute Gasteiger partial charge is 0.257 e. The lowest BCUT2D eigenvalue weighted by Gasteiger charge is -2.12. The number of pyridine rings is 1. The van der Waals surface area contributed by atoms with Crippen LogP contribution in [0.4, 0.5) is 17.2 Å². The molecule has 5 nitrogen and oxygen atoms in total. The molecule has 132 valence electrons. The van der Waals surface area contributed by atoms with Gasteiger partial charge in [-0.2, -0.15) is 0 Å². The van der Waals surface area contributed by atoms with Crippen LogP contribution in [0.15, 0.2) is 60.8 Å².